The second-order valence-corrected chi connectivity index (χ2v) is 5.90. The van der Waals surface area contributed by atoms with Gasteiger partial charge in [-0.3, -0.25) is 9.59 Å². The van der Waals surface area contributed by atoms with Crippen molar-refractivity contribution in [2.75, 3.05) is 20.3 Å². The maximum Gasteiger partial charge on any atom is 0.233 e. The summed E-state index contributed by atoms with van der Waals surface area (Å²) in [5.41, 5.74) is 0.669. The second kappa shape index (κ2) is 8.76. The van der Waals surface area contributed by atoms with Crippen LogP contribution in [0.5, 0.6) is 0 Å². The number of benzene rings is 1. The lowest BCUT2D eigenvalue weighted by Gasteiger charge is -2.12. The van der Waals surface area contributed by atoms with Gasteiger partial charge in [0.05, 0.1) is 5.25 Å². The SMILES string of the molecule is COCCCNC(=O)C(C)Sc1cccc(C(C)=O)c1. The zero-order chi connectivity index (χ0) is 15.0. The van der Waals surface area contributed by atoms with E-state index in [4.69, 9.17) is 4.74 Å². The molecule has 1 aromatic carbocycles. The summed E-state index contributed by atoms with van der Waals surface area (Å²) in [6, 6.07) is 7.34. The Morgan fingerprint density at radius 1 is 1.40 bits per heavy atom. The van der Waals surface area contributed by atoms with E-state index in [0.717, 1.165) is 11.3 Å². The summed E-state index contributed by atoms with van der Waals surface area (Å²) in [5, 5.41) is 2.67. The highest BCUT2D eigenvalue weighted by atomic mass is 32.2. The monoisotopic (exact) mass is 295 g/mol. The lowest BCUT2D eigenvalue weighted by molar-refractivity contribution is -0.120. The molecule has 20 heavy (non-hydrogen) atoms. The number of hydrogen-bond acceptors (Lipinski definition) is 4. The standard InChI is InChI=1S/C15H21NO3S/c1-11(17)13-6-4-7-14(10-13)20-12(2)15(18)16-8-5-9-19-3/h4,6-7,10,12H,5,8-9H2,1-3H3,(H,16,18). The molecule has 1 aromatic rings. The molecule has 0 saturated carbocycles. The van der Waals surface area contributed by atoms with Crippen molar-refractivity contribution in [1.29, 1.82) is 0 Å². The number of carbonyl (C=O) groups is 2. The van der Waals surface area contributed by atoms with Gasteiger partial charge in [-0.1, -0.05) is 12.1 Å². The number of rotatable bonds is 8. The molecule has 0 aliphatic carbocycles. The van der Waals surface area contributed by atoms with Gasteiger partial charge in [-0.25, -0.2) is 0 Å². The molecular weight excluding hydrogens is 274 g/mol. The Morgan fingerprint density at radius 2 is 2.15 bits per heavy atom. The van der Waals surface area contributed by atoms with E-state index in [1.54, 1.807) is 13.2 Å². The first kappa shape index (κ1) is 16.7. The van der Waals surface area contributed by atoms with Gasteiger partial charge in [0.1, 0.15) is 0 Å². The van der Waals surface area contributed by atoms with Crippen LogP contribution in [0.4, 0.5) is 0 Å². The van der Waals surface area contributed by atoms with Crippen LogP contribution in [0.25, 0.3) is 0 Å². The molecule has 0 aromatic heterocycles. The van der Waals surface area contributed by atoms with Gasteiger partial charge >= 0.3 is 0 Å². The fourth-order valence-electron chi connectivity index (χ4n) is 1.62. The lowest BCUT2D eigenvalue weighted by Crippen LogP contribution is -2.32. The highest BCUT2D eigenvalue weighted by Crippen LogP contribution is 2.24. The predicted molar refractivity (Wildman–Crippen MR) is 81.3 cm³/mol. The molecule has 0 aliphatic rings. The van der Waals surface area contributed by atoms with Gasteiger partial charge in [0, 0.05) is 30.7 Å². The smallest absolute Gasteiger partial charge is 0.233 e. The van der Waals surface area contributed by atoms with E-state index in [1.807, 2.05) is 25.1 Å². The number of Topliss-reactive ketones (excluding diaryl/α,β-unsaturated/α-hetero) is 1. The van der Waals surface area contributed by atoms with Crippen LogP contribution in [0.3, 0.4) is 0 Å². The maximum atomic E-state index is 11.9. The van der Waals surface area contributed by atoms with Crippen LogP contribution in [0.15, 0.2) is 29.2 Å². The molecule has 1 atom stereocenters. The normalized spacial score (nSPS) is 11.9. The van der Waals surface area contributed by atoms with E-state index in [2.05, 4.69) is 5.32 Å². The largest absolute Gasteiger partial charge is 0.385 e. The van der Waals surface area contributed by atoms with E-state index in [0.29, 0.717) is 18.7 Å². The third-order valence-corrected chi connectivity index (χ3v) is 3.84. The summed E-state index contributed by atoms with van der Waals surface area (Å²) in [5.74, 6) is 0.0310. The molecule has 0 bridgehead atoms. The van der Waals surface area contributed by atoms with E-state index in [-0.39, 0.29) is 16.9 Å². The van der Waals surface area contributed by atoms with Crippen molar-refractivity contribution < 1.29 is 14.3 Å². The number of thioether (sulfide) groups is 1. The average molecular weight is 295 g/mol. The highest BCUT2D eigenvalue weighted by Gasteiger charge is 2.14. The van der Waals surface area contributed by atoms with Crippen molar-refractivity contribution in [1.82, 2.24) is 5.32 Å². The van der Waals surface area contributed by atoms with E-state index < -0.39 is 0 Å². The van der Waals surface area contributed by atoms with Crippen LogP contribution in [0.2, 0.25) is 0 Å². The lowest BCUT2D eigenvalue weighted by atomic mass is 10.2. The van der Waals surface area contributed by atoms with Crippen molar-refractivity contribution in [3.63, 3.8) is 0 Å². The van der Waals surface area contributed by atoms with Crippen molar-refractivity contribution in [3.8, 4) is 0 Å². The van der Waals surface area contributed by atoms with Gasteiger partial charge in [0.15, 0.2) is 5.78 Å². The van der Waals surface area contributed by atoms with Gasteiger partial charge < -0.3 is 10.1 Å². The van der Waals surface area contributed by atoms with Crippen LogP contribution in [-0.4, -0.2) is 37.2 Å². The van der Waals surface area contributed by atoms with E-state index >= 15 is 0 Å². The number of methoxy groups -OCH3 is 1. The van der Waals surface area contributed by atoms with Gasteiger partial charge in [-0.2, -0.15) is 0 Å². The number of hydrogen-bond donors (Lipinski definition) is 1. The fraction of sp³-hybridized carbons (Fsp3) is 0.467. The molecule has 1 rings (SSSR count). The molecule has 1 unspecified atom stereocenters. The maximum absolute atomic E-state index is 11.9. The summed E-state index contributed by atoms with van der Waals surface area (Å²) < 4.78 is 4.93. The summed E-state index contributed by atoms with van der Waals surface area (Å²) >= 11 is 1.45. The minimum Gasteiger partial charge on any atom is -0.385 e. The van der Waals surface area contributed by atoms with Crippen LogP contribution in [-0.2, 0) is 9.53 Å². The fourth-order valence-corrected chi connectivity index (χ4v) is 2.57. The van der Waals surface area contributed by atoms with Crippen molar-refractivity contribution >= 4 is 23.5 Å². The molecule has 4 nitrogen and oxygen atoms in total. The molecule has 1 N–H and O–H groups in total. The number of carbonyl (C=O) groups excluding carboxylic acids is 2. The number of amides is 1. The molecule has 0 heterocycles. The number of ketones is 1. The first-order valence-electron chi connectivity index (χ1n) is 6.59. The van der Waals surface area contributed by atoms with E-state index in [1.165, 1.54) is 18.7 Å². The first-order chi connectivity index (χ1) is 9.54. The Morgan fingerprint density at radius 3 is 2.80 bits per heavy atom. The highest BCUT2D eigenvalue weighted by molar-refractivity contribution is 8.00. The minimum absolute atomic E-state index is 0.000619. The van der Waals surface area contributed by atoms with Gasteiger partial charge in [-0.05, 0) is 32.4 Å². The first-order valence-corrected chi connectivity index (χ1v) is 7.47. The number of nitrogens with one attached hydrogen (secondary N) is 1. The molecule has 5 heteroatoms. The molecule has 1 amide bonds. The van der Waals surface area contributed by atoms with Crippen LogP contribution in [0, 0.1) is 0 Å². The summed E-state index contributed by atoms with van der Waals surface area (Å²) in [6.45, 7) is 4.65. The zero-order valence-electron chi connectivity index (χ0n) is 12.1. The van der Waals surface area contributed by atoms with E-state index in [9.17, 15) is 9.59 Å². The molecule has 0 fully saturated rings. The predicted octanol–water partition coefficient (Wildman–Crippen LogP) is 2.52. The van der Waals surface area contributed by atoms with Gasteiger partial charge in [0.25, 0.3) is 0 Å². The van der Waals surface area contributed by atoms with Crippen molar-refractivity contribution in [2.24, 2.45) is 0 Å². The van der Waals surface area contributed by atoms with Crippen LogP contribution >= 0.6 is 11.8 Å². The molecule has 0 spiro atoms. The second-order valence-electron chi connectivity index (χ2n) is 4.48. The Labute approximate surface area is 124 Å². The van der Waals surface area contributed by atoms with Gasteiger partial charge in [-0.15, -0.1) is 11.8 Å². The summed E-state index contributed by atoms with van der Waals surface area (Å²) in [4.78, 5) is 24.1. The molecule has 110 valence electrons. The molecule has 0 aliphatic heterocycles. The molecule has 0 radical (unpaired) electrons. The summed E-state index contributed by atoms with van der Waals surface area (Å²) in [6.07, 6.45) is 0.805. The molecular formula is C15H21NO3S. The molecule has 0 saturated heterocycles. The Kier molecular flexibility index (Phi) is 7.33. The number of ether oxygens (including phenoxy) is 1. The minimum atomic E-state index is -0.195. The third-order valence-electron chi connectivity index (χ3n) is 2.75. The zero-order valence-corrected chi connectivity index (χ0v) is 13.0. The average Bonchev–Trinajstić information content (AvgIpc) is 2.43. The van der Waals surface area contributed by atoms with Crippen molar-refractivity contribution in [2.45, 2.75) is 30.4 Å². The Hall–Kier alpha value is -1.33. The van der Waals surface area contributed by atoms with Crippen molar-refractivity contribution in [3.05, 3.63) is 29.8 Å². The summed E-state index contributed by atoms with van der Waals surface area (Å²) in [7, 11) is 1.64. The Bertz CT molecular complexity index is 462. The topological polar surface area (TPSA) is 55.4 Å². The van der Waals surface area contributed by atoms with Gasteiger partial charge in [0.2, 0.25) is 5.91 Å². The van der Waals surface area contributed by atoms with Crippen LogP contribution in [0.1, 0.15) is 30.6 Å². The Balaban J connectivity index is 2.48. The van der Waals surface area contributed by atoms with Crippen LogP contribution < -0.4 is 5.32 Å². The quantitative estimate of drug-likeness (QED) is 0.455. The third kappa shape index (κ3) is 5.75.